The number of benzene rings is 1. The smallest absolute Gasteiger partial charge is 0.191 e. The van der Waals surface area contributed by atoms with Crippen molar-refractivity contribution < 1.29 is 9.47 Å². The maximum absolute atomic E-state index is 5.71. The minimum Gasteiger partial charge on any atom is -0.496 e. The van der Waals surface area contributed by atoms with Crippen molar-refractivity contribution >= 4 is 29.9 Å². The monoisotopic (exact) mass is 472 g/mol. The molecule has 0 saturated carbocycles. The number of methoxy groups -OCH3 is 1. The molecular formula is C19H29IN4O2. The molecule has 0 amide bonds. The topological polar surface area (TPSA) is 59.8 Å². The molecule has 7 heteroatoms. The summed E-state index contributed by atoms with van der Waals surface area (Å²) in [5.41, 5.74) is 1.05. The van der Waals surface area contributed by atoms with Crippen molar-refractivity contribution in [3.63, 3.8) is 0 Å². The van der Waals surface area contributed by atoms with Crippen LogP contribution in [-0.2, 0) is 17.9 Å². The number of hydrogen-bond donors (Lipinski definition) is 2. The van der Waals surface area contributed by atoms with Crippen LogP contribution in [0.2, 0.25) is 0 Å². The predicted molar refractivity (Wildman–Crippen MR) is 116 cm³/mol. The van der Waals surface area contributed by atoms with Gasteiger partial charge in [-0.2, -0.15) is 0 Å². The third-order valence-corrected chi connectivity index (χ3v) is 3.63. The highest BCUT2D eigenvalue weighted by molar-refractivity contribution is 14.0. The maximum atomic E-state index is 5.71. The quantitative estimate of drug-likeness (QED) is 0.242. The summed E-state index contributed by atoms with van der Waals surface area (Å²) in [5, 5.41) is 6.57. The van der Waals surface area contributed by atoms with Crippen LogP contribution in [0.25, 0.3) is 0 Å². The third kappa shape index (κ3) is 8.09. The van der Waals surface area contributed by atoms with Gasteiger partial charge in [0, 0.05) is 37.6 Å². The highest BCUT2D eigenvalue weighted by atomic mass is 127. The molecular weight excluding hydrogens is 443 g/mol. The summed E-state index contributed by atoms with van der Waals surface area (Å²) in [6.45, 7) is 6.31. The molecule has 0 bridgehead atoms. The van der Waals surface area contributed by atoms with Gasteiger partial charge in [-0.3, -0.25) is 4.99 Å². The van der Waals surface area contributed by atoms with Gasteiger partial charge in [-0.15, -0.1) is 24.0 Å². The van der Waals surface area contributed by atoms with Crippen LogP contribution in [0.3, 0.4) is 0 Å². The number of halogens is 1. The summed E-state index contributed by atoms with van der Waals surface area (Å²) >= 11 is 0. The van der Waals surface area contributed by atoms with Crippen LogP contribution in [0.1, 0.15) is 12.5 Å². The number of guanidine groups is 1. The molecule has 0 aliphatic rings. The van der Waals surface area contributed by atoms with E-state index in [0.717, 1.165) is 36.9 Å². The molecule has 1 heterocycles. The van der Waals surface area contributed by atoms with Crippen LogP contribution in [0.15, 0.2) is 53.8 Å². The van der Waals surface area contributed by atoms with Crippen molar-refractivity contribution in [2.24, 2.45) is 4.99 Å². The molecule has 6 nitrogen and oxygen atoms in total. The number of aliphatic imine (C=N–C) groups is 1. The lowest BCUT2D eigenvalue weighted by Gasteiger charge is -2.12. The van der Waals surface area contributed by atoms with Gasteiger partial charge >= 0.3 is 0 Å². The fraction of sp³-hybridized carbons (Fsp3) is 0.421. The summed E-state index contributed by atoms with van der Waals surface area (Å²) in [4.78, 5) is 4.53. The number of ether oxygens (including phenoxy) is 2. The summed E-state index contributed by atoms with van der Waals surface area (Å²) in [6, 6.07) is 11.9. The number of nitrogens with zero attached hydrogens (tertiary/aromatic N) is 2. The van der Waals surface area contributed by atoms with Crippen molar-refractivity contribution in [3.05, 3.63) is 54.4 Å². The van der Waals surface area contributed by atoms with Gasteiger partial charge in [-0.05, 0) is 25.1 Å². The van der Waals surface area contributed by atoms with Gasteiger partial charge in [-0.1, -0.05) is 18.2 Å². The SMILES string of the molecule is CCNC(=NCCOCc1ccccc1OC)NCCn1cccc1.I. The molecule has 26 heavy (non-hydrogen) atoms. The van der Waals surface area contributed by atoms with Crippen LogP contribution in [0, 0.1) is 0 Å². The van der Waals surface area contributed by atoms with Crippen LogP contribution in [0.5, 0.6) is 5.75 Å². The Hall–Kier alpha value is -1.74. The largest absolute Gasteiger partial charge is 0.496 e. The average molecular weight is 472 g/mol. The second-order valence-electron chi connectivity index (χ2n) is 5.47. The molecule has 2 rings (SSSR count). The minimum atomic E-state index is 0. The van der Waals surface area contributed by atoms with Gasteiger partial charge in [-0.25, -0.2) is 0 Å². The first kappa shape index (κ1) is 22.3. The summed E-state index contributed by atoms with van der Waals surface area (Å²) in [6.07, 6.45) is 4.11. The Morgan fingerprint density at radius 2 is 1.88 bits per heavy atom. The van der Waals surface area contributed by atoms with Crippen LogP contribution in [0.4, 0.5) is 0 Å². The molecule has 0 spiro atoms. The lowest BCUT2D eigenvalue weighted by atomic mass is 10.2. The van der Waals surface area contributed by atoms with E-state index in [0.29, 0.717) is 19.8 Å². The van der Waals surface area contributed by atoms with E-state index in [1.807, 2.05) is 36.4 Å². The lowest BCUT2D eigenvalue weighted by molar-refractivity contribution is 0.126. The minimum absolute atomic E-state index is 0. The van der Waals surface area contributed by atoms with Crippen molar-refractivity contribution in [1.29, 1.82) is 0 Å². The Labute approximate surface area is 173 Å². The molecule has 0 aliphatic heterocycles. The predicted octanol–water partition coefficient (Wildman–Crippen LogP) is 2.89. The zero-order valence-electron chi connectivity index (χ0n) is 15.5. The highest BCUT2D eigenvalue weighted by Crippen LogP contribution is 2.17. The molecule has 0 aliphatic carbocycles. The van der Waals surface area contributed by atoms with Gasteiger partial charge in [0.15, 0.2) is 5.96 Å². The molecule has 144 valence electrons. The van der Waals surface area contributed by atoms with E-state index >= 15 is 0 Å². The maximum Gasteiger partial charge on any atom is 0.191 e. The Balaban J connectivity index is 0.00000338. The van der Waals surface area contributed by atoms with E-state index in [4.69, 9.17) is 9.47 Å². The van der Waals surface area contributed by atoms with E-state index in [-0.39, 0.29) is 24.0 Å². The zero-order chi connectivity index (χ0) is 17.7. The summed E-state index contributed by atoms with van der Waals surface area (Å²) < 4.78 is 13.2. The summed E-state index contributed by atoms with van der Waals surface area (Å²) in [7, 11) is 1.67. The number of hydrogen-bond acceptors (Lipinski definition) is 3. The van der Waals surface area contributed by atoms with Gasteiger partial charge in [0.25, 0.3) is 0 Å². The molecule has 0 saturated heterocycles. The van der Waals surface area contributed by atoms with E-state index < -0.39 is 0 Å². The number of rotatable bonds is 10. The molecule has 1 aromatic heterocycles. The molecule has 0 radical (unpaired) electrons. The fourth-order valence-corrected chi connectivity index (χ4v) is 2.39. The average Bonchev–Trinajstić information content (AvgIpc) is 3.15. The van der Waals surface area contributed by atoms with Crippen molar-refractivity contribution in [2.45, 2.75) is 20.1 Å². The first-order valence-electron chi connectivity index (χ1n) is 8.66. The molecule has 1 aromatic carbocycles. The fourth-order valence-electron chi connectivity index (χ4n) is 2.39. The second-order valence-corrected chi connectivity index (χ2v) is 5.47. The molecule has 2 N–H and O–H groups in total. The molecule has 0 fully saturated rings. The standard InChI is InChI=1S/C19H28N4O2.HI/c1-3-20-19(21-10-14-23-12-6-7-13-23)22-11-15-25-16-17-8-4-5-9-18(17)24-2;/h4-9,12-13H,3,10-11,14-16H2,1-2H3,(H2,20,21,22);1H. The van der Waals surface area contributed by atoms with Crippen molar-refractivity contribution in [3.8, 4) is 5.75 Å². The Kier molecular flexibility index (Phi) is 11.5. The van der Waals surface area contributed by atoms with Crippen molar-refractivity contribution in [1.82, 2.24) is 15.2 Å². The Morgan fingerprint density at radius 3 is 2.62 bits per heavy atom. The second kappa shape index (κ2) is 13.5. The zero-order valence-corrected chi connectivity index (χ0v) is 17.8. The molecule has 0 atom stereocenters. The molecule has 0 unspecified atom stereocenters. The highest BCUT2D eigenvalue weighted by Gasteiger charge is 2.01. The number of nitrogens with one attached hydrogen (secondary N) is 2. The Morgan fingerprint density at radius 1 is 1.12 bits per heavy atom. The van der Waals surface area contributed by atoms with E-state index in [9.17, 15) is 0 Å². The van der Waals surface area contributed by atoms with Gasteiger partial charge < -0.3 is 24.7 Å². The normalized spacial score (nSPS) is 10.9. The van der Waals surface area contributed by atoms with Gasteiger partial charge in [0.1, 0.15) is 5.75 Å². The number of para-hydroxylation sites is 1. The number of aromatic nitrogens is 1. The Bertz CT molecular complexity index is 632. The molecule has 2 aromatic rings. The first-order valence-corrected chi connectivity index (χ1v) is 8.66. The van der Waals surface area contributed by atoms with Crippen molar-refractivity contribution in [2.75, 3.05) is 33.4 Å². The van der Waals surface area contributed by atoms with Crippen LogP contribution in [-0.4, -0.2) is 43.9 Å². The van der Waals surface area contributed by atoms with E-state index in [1.165, 1.54) is 0 Å². The van der Waals surface area contributed by atoms with Crippen LogP contribution < -0.4 is 15.4 Å². The van der Waals surface area contributed by atoms with E-state index in [1.54, 1.807) is 7.11 Å². The third-order valence-electron chi connectivity index (χ3n) is 3.63. The van der Waals surface area contributed by atoms with Crippen LogP contribution >= 0.6 is 24.0 Å². The summed E-state index contributed by atoms with van der Waals surface area (Å²) in [5.74, 6) is 1.67. The van der Waals surface area contributed by atoms with E-state index in [2.05, 4.69) is 39.5 Å². The van der Waals surface area contributed by atoms with Gasteiger partial charge in [0.2, 0.25) is 0 Å². The van der Waals surface area contributed by atoms with Gasteiger partial charge in [0.05, 0.1) is 26.9 Å². The lowest BCUT2D eigenvalue weighted by Crippen LogP contribution is -2.39. The first-order chi connectivity index (χ1) is 12.3.